The number of allylic oxidation sites excluding steroid dienone is 1. The third-order valence-corrected chi connectivity index (χ3v) is 3.71. The number of rotatable bonds is 8. The van der Waals surface area contributed by atoms with Crippen LogP contribution in [0.4, 0.5) is 0 Å². The fraction of sp³-hybridized carbons (Fsp3) is 0.400. The first-order chi connectivity index (χ1) is 10.5. The van der Waals surface area contributed by atoms with Gasteiger partial charge in [0.15, 0.2) is 0 Å². The Morgan fingerprint density at radius 2 is 2.23 bits per heavy atom. The maximum atomic E-state index is 10.9. The zero-order valence-corrected chi connectivity index (χ0v) is 14.4. The molecule has 0 radical (unpaired) electrons. The predicted molar refractivity (Wildman–Crippen MR) is 89.5 cm³/mol. The minimum absolute atomic E-state index is 0.0211. The van der Waals surface area contributed by atoms with E-state index < -0.39 is 18.1 Å². The van der Waals surface area contributed by atoms with Crippen LogP contribution in [0.1, 0.15) is 31.4 Å². The number of hydrogen-bond donors (Lipinski definition) is 4. The van der Waals surface area contributed by atoms with Crippen LogP contribution in [0.2, 0.25) is 0 Å². The highest BCUT2D eigenvalue weighted by Crippen LogP contribution is 2.31. The van der Waals surface area contributed by atoms with E-state index in [9.17, 15) is 15.0 Å². The normalized spacial score (nSPS) is 14.0. The molecule has 0 aliphatic carbocycles. The standard InChI is InChI=1S/C15H20INO5/c1-2-22-13(5-3-4-6-14(19)17-21)15(20)11-9-10(16)7-8-12(11)18/h4,6-9,13,15,18,20-21H,2-3,5H2,1H3,(H,17,19)/b6-4+/t13-,15-/m1/s1. The molecule has 0 unspecified atom stereocenters. The number of aromatic hydroxyl groups is 1. The van der Waals surface area contributed by atoms with Gasteiger partial charge in [-0.2, -0.15) is 0 Å². The van der Waals surface area contributed by atoms with Gasteiger partial charge in [0.1, 0.15) is 11.9 Å². The zero-order valence-electron chi connectivity index (χ0n) is 12.2. The molecule has 4 N–H and O–H groups in total. The lowest BCUT2D eigenvalue weighted by Crippen LogP contribution is -2.22. The van der Waals surface area contributed by atoms with Crippen molar-refractivity contribution in [1.29, 1.82) is 0 Å². The van der Waals surface area contributed by atoms with Crippen molar-refractivity contribution >= 4 is 28.5 Å². The number of halogens is 1. The molecule has 2 atom stereocenters. The molecule has 7 heteroatoms. The van der Waals surface area contributed by atoms with Crippen molar-refractivity contribution in [3.63, 3.8) is 0 Å². The number of hydroxylamine groups is 1. The Kier molecular flexibility index (Phi) is 8.39. The van der Waals surface area contributed by atoms with Crippen LogP contribution >= 0.6 is 22.6 Å². The number of benzene rings is 1. The molecule has 0 heterocycles. The number of aliphatic hydroxyl groups is 1. The summed E-state index contributed by atoms with van der Waals surface area (Å²) < 4.78 is 6.44. The topological polar surface area (TPSA) is 99.0 Å². The van der Waals surface area contributed by atoms with Crippen molar-refractivity contribution in [2.45, 2.75) is 32.0 Å². The predicted octanol–water partition coefficient (Wildman–Crippen LogP) is 2.28. The molecule has 1 amide bonds. The van der Waals surface area contributed by atoms with E-state index in [0.29, 0.717) is 25.0 Å². The minimum Gasteiger partial charge on any atom is -0.508 e. The molecule has 0 aromatic heterocycles. The van der Waals surface area contributed by atoms with Crippen LogP contribution in [0, 0.1) is 3.57 Å². The van der Waals surface area contributed by atoms with Crippen LogP contribution in [-0.4, -0.2) is 34.0 Å². The van der Waals surface area contributed by atoms with E-state index in [-0.39, 0.29) is 5.75 Å². The van der Waals surface area contributed by atoms with Crippen molar-refractivity contribution < 1.29 is 25.0 Å². The molecule has 1 rings (SSSR count). The first kappa shape index (κ1) is 18.9. The summed E-state index contributed by atoms with van der Waals surface area (Å²) in [7, 11) is 0. The van der Waals surface area contributed by atoms with Gasteiger partial charge in [0.2, 0.25) is 0 Å². The van der Waals surface area contributed by atoms with Gasteiger partial charge in [0.05, 0.1) is 6.10 Å². The second kappa shape index (κ2) is 9.78. The van der Waals surface area contributed by atoms with Crippen molar-refractivity contribution in [1.82, 2.24) is 5.48 Å². The molecule has 6 nitrogen and oxygen atoms in total. The molecule has 122 valence electrons. The number of hydrogen-bond acceptors (Lipinski definition) is 5. The average molecular weight is 421 g/mol. The number of carbonyl (C=O) groups excluding carboxylic acids is 1. The SMILES string of the molecule is CCO[C@H](CC/C=C/C(=O)NO)[C@H](O)c1cc(I)ccc1O. The third-order valence-electron chi connectivity index (χ3n) is 3.04. The molecule has 0 aliphatic rings. The van der Waals surface area contributed by atoms with Gasteiger partial charge in [-0.05, 0) is 60.6 Å². The van der Waals surface area contributed by atoms with E-state index in [4.69, 9.17) is 9.94 Å². The fourth-order valence-corrected chi connectivity index (χ4v) is 2.51. The molecule has 0 saturated heterocycles. The largest absolute Gasteiger partial charge is 0.508 e. The number of aliphatic hydroxyl groups excluding tert-OH is 1. The average Bonchev–Trinajstić information content (AvgIpc) is 2.51. The van der Waals surface area contributed by atoms with Crippen LogP contribution in [0.25, 0.3) is 0 Å². The van der Waals surface area contributed by atoms with Gasteiger partial charge >= 0.3 is 0 Å². The Balaban J connectivity index is 2.74. The maximum absolute atomic E-state index is 10.9. The summed E-state index contributed by atoms with van der Waals surface area (Å²) in [5, 5.41) is 28.7. The number of carbonyl (C=O) groups is 1. The molecule has 0 saturated carbocycles. The van der Waals surface area contributed by atoms with Crippen molar-refractivity contribution in [3.8, 4) is 5.75 Å². The molecule has 1 aromatic rings. The molecular weight excluding hydrogens is 401 g/mol. The maximum Gasteiger partial charge on any atom is 0.267 e. The first-order valence-electron chi connectivity index (χ1n) is 6.88. The Labute approximate surface area is 142 Å². The van der Waals surface area contributed by atoms with Crippen LogP contribution in [0.3, 0.4) is 0 Å². The lowest BCUT2D eigenvalue weighted by molar-refractivity contribution is -0.124. The lowest BCUT2D eigenvalue weighted by atomic mass is 9.99. The summed E-state index contributed by atoms with van der Waals surface area (Å²) in [5.41, 5.74) is 1.92. The number of amides is 1. The van der Waals surface area contributed by atoms with E-state index in [1.165, 1.54) is 17.6 Å². The summed E-state index contributed by atoms with van der Waals surface area (Å²) in [5.74, 6) is -0.586. The Morgan fingerprint density at radius 1 is 1.50 bits per heavy atom. The molecular formula is C15H20INO5. The highest BCUT2D eigenvalue weighted by molar-refractivity contribution is 14.1. The minimum atomic E-state index is -0.963. The molecule has 0 aliphatic heterocycles. The Bertz CT molecular complexity index is 521. The molecule has 22 heavy (non-hydrogen) atoms. The molecule has 0 fully saturated rings. The Hall–Kier alpha value is -1.16. The van der Waals surface area contributed by atoms with Crippen LogP contribution < -0.4 is 5.48 Å². The lowest BCUT2D eigenvalue weighted by Gasteiger charge is -2.23. The third kappa shape index (κ3) is 5.91. The molecule has 1 aromatic carbocycles. The van der Waals surface area contributed by atoms with Gasteiger partial charge in [-0.15, -0.1) is 0 Å². The highest BCUT2D eigenvalue weighted by Gasteiger charge is 2.23. The van der Waals surface area contributed by atoms with Crippen LogP contribution in [0.15, 0.2) is 30.4 Å². The van der Waals surface area contributed by atoms with E-state index >= 15 is 0 Å². The van der Waals surface area contributed by atoms with Gasteiger partial charge < -0.3 is 14.9 Å². The number of phenolic OH excluding ortho intramolecular Hbond substituents is 1. The monoisotopic (exact) mass is 421 g/mol. The van der Waals surface area contributed by atoms with Crippen molar-refractivity contribution in [3.05, 3.63) is 39.5 Å². The van der Waals surface area contributed by atoms with Gasteiger partial charge in [-0.3, -0.25) is 10.0 Å². The summed E-state index contributed by atoms with van der Waals surface area (Å²) in [6, 6.07) is 4.99. The fourth-order valence-electron chi connectivity index (χ4n) is 2.00. The summed E-state index contributed by atoms with van der Waals surface area (Å²) in [4.78, 5) is 10.9. The summed E-state index contributed by atoms with van der Waals surface area (Å²) >= 11 is 2.10. The van der Waals surface area contributed by atoms with Gasteiger partial charge in [-0.25, -0.2) is 5.48 Å². The van der Waals surface area contributed by atoms with Crippen LogP contribution in [0.5, 0.6) is 5.75 Å². The quantitative estimate of drug-likeness (QED) is 0.224. The molecule has 0 spiro atoms. The second-order valence-electron chi connectivity index (χ2n) is 4.60. The van der Waals surface area contributed by atoms with Crippen LogP contribution in [-0.2, 0) is 9.53 Å². The first-order valence-corrected chi connectivity index (χ1v) is 7.96. The highest BCUT2D eigenvalue weighted by atomic mass is 127. The summed E-state index contributed by atoms with van der Waals surface area (Å²) in [6.45, 7) is 2.25. The van der Waals surface area contributed by atoms with E-state index in [2.05, 4.69) is 22.6 Å². The smallest absolute Gasteiger partial charge is 0.267 e. The van der Waals surface area contributed by atoms with Crippen molar-refractivity contribution in [2.75, 3.05) is 6.61 Å². The van der Waals surface area contributed by atoms with Gasteiger partial charge in [0, 0.05) is 21.8 Å². The second-order valence-corrected chi connectivity index (χ2v) is 5.84. The number of nitrogens with one attached hydrogen (secondary N) is 1. The van der Waals surface area contributed by atoms with E-state index in [1.54, 1.807) is 18.2 Å². The zero-order chi connectivity index (χ0) is 16.5. The Morgan fingerprint density at radius 3 is 2.86 bits per heavy atom. The number of ether oxygens (including phenoxy) is 1. The number of phenols is 1. The van der Waals surface area contributed by atoms with Gasteiger partial charge in [0.25, 0.3) is 5.91 Å². The summed E-state index contributed by atoms with van der Waals surface area (Å²) in [6.07, 6.45) is 2.28. The van der Waals surface area contributed by atoms with Crippen molar-refractivity contribution in [2.24, 2.45) is 0 Å². The van der Waals surface area contributed by atoms with Gasteiger partial charge in [-0.1, -0.05) is 6.08 Å². The molecule has 0 bridgehead atoms. The van der Waals surface area contributed by atoms with E-state index in [0.717, 1.165) is 3.57 Å². The van der Waals surface area contributed by atoms with E-state index in [1.807, 2.05) is 6.92 Å².